The lowest BCUT2D eigenvalue weighted by atomic mass is 10.00. The van der Waals surface area contributed by atoms with Crippen LogP contribution >= 0.6 is 11.6 Å². The van der Waals surface area contributed by atoms with Crippen molar-refractivity contribution in [2.45, 2.75) is 39.2 Å². The highest BCUT2D eigenvalue weighted by atomic mass is 35.5. The molecule has 0 saturated heterocycles. The second-order valence-corrected chi connectivity index (χ2v) is 4.97. The molecule has 1 atom stereocenters. The van der Waals surface area contributed by atoms with Gasteiger partial charge in [-0.1, -0.05) is 31.5 Å². The van der Waals surface area contributed by atoms with Gasteiger partial charge >= 0.3 is 0 Å². The Morgan fingerprint density at radius 1 is 1.31 bits per heavy atom. The zero-order valence-electron chi connectivity index (χ0n) is 9.71. The molecule has 0 bridgehead atoms. The molecule has 0 aliphatic heterocycles. The van der Waals surface area contributed by atoms with E-state index < -0.39 is 6.10 Å². The molecule has 1 rings (SSSR count). The molecule has 1 N–H and O–H groups in total. The van der Waals surface area contributed by atoms with Crippen LogP contribution in [0.5, 0.6) is 0 Å². The Kier molecular flexibility index (Phi) is 5.23. The molecule has 1 unspecified atom stereocenters. The van der Waals surface area contributed by atoms with E-state index in [2.05, 4.69) is 13.8 Å². The normalized spacial score (nSPS) is 13.1. The van der Waals surface area contributed by atoms with Gasteiger partial charge < -0.3 is 5.11 Å². The van der Waals surface area contributed by atoms with E-state index in [-0.39, 0.29) is 5.82 Å². The molecule has 0 aromatic heterocycles. The minimum atomic E-state index is -0.398. The smallest absolute Gasteiger partial charge is 0.124 e. The zero-order chi connectivity index (χ0) is 12.1. The van der Waals surface area contributed by atoms with Gasteiger partial charge in [-0.15, -0.1) is 0 Å². The Morgan fingerprint density at radius 2 is 2.00 bits per heavy atom. The van der Waals surface area contributed by atoms with Crippen LogP contribution in [0.25, 0.3) is 0 Å². The van der Waals surface area contributed by atoms with Gasteiger partial charge in [0.15, 0.2) is 0 Å². The van der Waals surface area contributed by atoms with E-state index in [1.54, 1.807) is 6.07 Å². The maximum atomic E-state index is 12.8. The maximum Gasteiger partial charge on any atom is 0.124 e. The molecule has 90 valence electrons. The van der Waals surface area contributed by atoms with Crippen LogP contribution in [0, 0.1) is 11.7 Å². The van der Waals surface area contributed by atoms with Crippen molar-refractivity contribution in [3.05, 3.63) is 34.6 Å². The molecule has 16 heavy (non-hydrogen) atoms. The summed E-state index contributed by atoms with van der Waals surface area (Å²) < 4.78 is 12.8. The van der Waals surface area contributed by atoms with Gasteiger partial charge in [-0.25, -0.2) is 4.39 Å². The standard InChI is InChI=1S/C13H18ClFO/c1-9(2)3-6-12(16)7-10-4-5-11(15)8-13(10)14/h4-5,8-9,12,16H,3,6-7H2,1-2H3. The summed E-state index contributed by atoms with van der Waals surface area (Å²) in [6.07, 6.45) is 1.84. The summed E-state index contributed by atoms with van der Waals surface area (Å²) in [6.45, 7) is 4.25. The highest BCUT2D eigenvalue weighted by molar-refractivity contribution is 6.31. The number of hydrogen-bond acceptors (Lipinski definition) is 1. The Bertz CT molecular complexity index is 339. The van der Waals surface area contributed by atoms with Gasteiger partial charge in [-0.3, -0.25) is 0 Å². The van der Waals surface area contributed by atoms with Gasteiger partial charge in [0.1, 0.15) is 5.82 Å². The van der Waals surface area contributed by atoms with Crippen molar-refractivity contribution in [1.82, 2.24) is 0 Å². The van der Waals surface area contributed by atoms with Gasteiger partial charge in [-0.2, -0.15) is 0 Å². The van der Waals surface area contributed by atoms with Crippen LogP contribution in [0.3, 0.4) is 0 Å². The van der Waals surface area contributed by atoms with Crippen LogP contribution in [0.4, 0.5) is 4.39 Å². The van der Waals surface area contributed by atoms with Gasteiger partial charge in [0.2, 0.25) is 0 Å². The summed E-state index contributed by atoms with van der Waals surface area (Å²) in [5.41, 5.74) is 0.805. The van der Waals surface area contributed by atoms with E-state index in [9.17, 15) is 9.50 Å². The third-order valence-corrected chi connectivity index (χ3v) is 2.90. The molecule has 1 aromatic rings. The summed E-state index contributed by atoms with van der Waals surface area (Å²) in [4.78, 5) is 0. The Labute approximate surface area is 101 Å². The zero-order valence-corrected chi connectivity index (χ0v) is 10.5. The fourth-order valence-corrected chi connectivity index (χ4v) is 1.81. The minimum Gasteiger partial charge on any atom is -0.393 e. The average molecular weight is 245 g/mol. The first-order valence-corrected chi connectivity index (χ1v) is 5.99. The van der Waals surface area contributed by atoms with Crippen molar-refractivity contribution in [1.29, 1.82) is 0 Å². The lowest BCUT2D eigenvalue weighted by Crippen LogP contribution is -2.11. The third kappa shape index (κ3) is 4.50. The molecule has 0 fully saturated rings. The van der Waals surface area contributed by atoms with Crippen LogP contribution < -0.4 is 0 Å². The molecule has 0 aliphatic rings. The molecule has 0 aliphatic carbocycles. The number of aliphatic hydroxyl groups excluding tert-OH is 1. The first-order chi connectivity index (χ1) is 7.49. The molecule has 1 aromatic carbocycles. The Morgan fingerprint density at radius 3 is 2.56 bits per heavy atom. The number of benzene rings is 1. The van der Waals surface area contributed by atoms with Gasteiger partial charge in [0.05, 0.1) is 6.10 Å². The quantitative estimate of drug-likeness (QED) is 0.835. The molecule has 3 heteroatoms. The summed E-state index contributed by atoms with van der Waals surface area (Å²) in [5.74, 6) is 0.240. The molecule has 0 saturated carbocycles. The lowest BCUT2D eigenvalue weighted by Gasteiger charge is -2.13. The number of halogens is 2. The van der Waals surface area contributed by atoms with Gasteiger partial charge in [-0.05, 0) is 42.9 Å². The maximum absolute atomic E-state index is 12.8. The summed E-state index contributed by atoms with van der Waals surface area (Å²) >= 11 is 5.89. The summed E-state index contributed by atoms with van der Waals surface area (Å²) in [7, 11) is 0. The van der Waals surface area contributed by atoms with Crippen molar-refractivity contribution in [2.24, 2.45) is 5.92 Å². The van der Waals surface area contributed by atoms with Crippen molar-refractivity contribution >= 4 is 11.6 Å². The van der Waals surface area contributed by atoms with Crippen molar-refractivity contribution < 1.29 is 9.50 Å². The SMILES string of the molecule is CC(C)CCC(O)Cc1ccc(F)cc1Cl. The van der Waals surface area contributed by atoms with Crippen LogP contribution in [-0.4, -0.2) is 11.2 Å². The van der Waals surface area contributed by atoms with E-state index in [4.69, 9.17) is 11.6 Å². The predicted octanol–water partition coefficient (Wildman–Crippen LogP) is 3.82. The van der Waals surface area contributed by atoms with Crippen molar-refractivity contribution in [3.63, 3.8) is 0 Å². The van der Waals surface area contributed by atoms with E-state index >= 15 is 0 Å². The number of rotatable bonds is 5. The van der Waals surface area contributed by atoms with Crippen LogP contribution in [-0.2, 0) is 6.42 Å². The lowest BCUT2D eigenvalue weighted by molar-refractivity contribution is 0.157. The van der Waals surface area contributed by atoms with Crippen molar-refractivity contribution in [2.75, 3.05) is 0 Å². The largest absolute Gasteiger partial charge is 0.393 e. The second kappa shape index (κ2) is 6.21. The van der Waals surface area contributed by atoms with Gasteiger partial charge in [0.25, 0.3) is 0 Å². The molecule has 0 spiro atoms. The monoisotopic (exact) mass is 244 g/mol. The molecular formula is C13H18ClFO. The molecule has 0 radical (unpaired) electrons. The van der Waals surface area contributed by atoms with Crippen LogP contribution in [0.2, 0.25) is 5.02 Å². The van der Waals surface area contributed by atoms with Gasteiger partial charge in [0, 0.05) is 5.02 Å². The molecule has 0 heterocycles. The highest BCUT2D eigenvalue weighted by Gasteiger charge is 2.09. The number of aliphatic hydroxyl groups is 1. The summed E-state index contributed by atoms with van der Waals surface area (Å²) in [6, 6.07) is 4.29. The highest BCUT2D eigenvalue weighted by Crippen LogP contribution is 2.20. The first-order valence-electron chi connectivity index (χ1n) is 5.61. The van der Waals surface area contributed by atoms with E-state index in [1.807, 2.05) is 0 Å². The third-order valence-electron chi connectivity index (χ3n) is 2.55. The van der Waals surface area contributed by atoms with Crippen LogP contribution in [0.1, 0.15) is 32.3 Å². The average Bonchev–Trinajstić information content (AvgIpc) is 2.19. The Hall–Kier alpha value is -0.600. The second-order valence-electron chi connectivity index (χ2n) is 4.56. The minimum absolute atomic E-state index is 0.342. The van der Waals surface area contributed by atoms with E-state index in [0.717, 1.165) is 18.4 Å². The van der Waals surface area contributed by atoms with E-state index in [1.165, 1.54) is 12.1 Å². The Balaban J connectivity index is 2.52. The number of hydrogen-bond donors (Lipinski definition) is 1. The predicted molar refractivity (Wildman–Crippen MR) is 65.2 cm³/mol. The molecular weight excluding hydrogens is 227 g/mol. The molecule has 0 amide bonds. The topological polar surface area (TPSA) is 20.2 Å². The van der Waals surface area contributed by atoms with Crippen LogP contribution in [0.15, 0.2) is 18.2 Å². The fourth-order valence-electron chi connectivity index (χ4n) is 1.57. The van der Waals surface area contributed by atoms with E-state index in [0.29, 0.717) is 17.4 Å². The molecule has 1 nitrogen and oxygen atoms in total. The summed E-state index contributed by atoms with van der Waals surface area (Å²) in [5, 5.41) is 10.2. The van der Waals surface area contributed by atoms with Crippen molar-refractivity contribution in [3.8, 4) is 0 Å². The first kappa shape index (κ1) is 13.5. The fraction of sp³-hybridized carbons (Fsp3) is 0.538.